The molecule has 1 aromatic carbocycles. The van der Waals surface area contributed by atoms with Crippen LogP contribution in [0.3, 0.4) is 0 Å². The molecule has 106 valence electrons. The van der Waals surface area contributed by atoms with E-state index < -0.39 is 0 Å². The first-order valence-electron chi connectivity index (χ1n) is 5.97. The number of aromatic nitrogens is 3. The number of hydrogen-bond donors (Lipinski definition) is 0. The highest BCUT2D eigenvalue weighted by atomic mass is 35.5. The minimum Gasteiger partial charge on any atom is -0.496 e. The van der Waals surface area contributed by atoms with Gasteiger partial charge in [-0.3, -0.25) is 0 Å². The number of nitrogens with zero attached hydrogens (tertiary/aromatic N) is 3. The number of para-hydroxylation sites is 1. The molecule has 0 unspecified atom stereocenters. The molecular formula is C13H14ClN3O2S. The number of hydrogen-bond acceptors (Lipinski definition) is 6. The Morgan fingerprint density at radius 1 is 1.15 bits per heavy atom. The number of methoxy groups -OCH3 is 1. The molecule has 1 heterocycles. The summed E-state index contributed by atoms with van der Waals surface area (Å²) >= 11 is 7.23. The van der Waals surface area contributed by atoms with E-state index in [4.69, 9.17) is 21.1 Å². The SMILES string of the molecule is COc1ccccc1Sc1nc(Cl)nc(OC(C)C)n1. The molecular weight excluding hydrogens is 298 g/mol. The first-order chi connectivity index (χ1) is 9.58. The Labute approximate surface area is 126 Å². The number of ether oxygens (including phenoxy) is 2. The summed E-state index contributed by atoms with van der Waals surface area (Å²) in [7, 11) is 1.62. The summed E-state index contributed by atoms with van der Waals surface area (Å²) in [5.41, 5.74) is 0. The average molecular weight is 312 g/mol. The third kappa shape index (κ3) is 3.98. The molecule has 0 aliphatic rings. The van der Waals surface area contributed by atoms with Crippen LogP contribution in [0, 0.1) is 0 Å². The van der Waals surface area contributed by atoms with Crippen LogP contribution in [0.25, 0.3) is 0 Å². The van der Waals surface area contributed by atoms with Crippen molar-refractivity contribution < 1.29 is 9.47 Å². The van der Waals surface area contributed by atoms with Gasteiger partial charge in [0.15, 0.2) is 5.16 Å². The lowest BCUT2D eigenvalue weighted by Crippen LogP contribution is -2.09. The van der Waals surface area contributed by atoms with Crippen molar-refractivity contribution in [2.75, 3.05) is 7.11 Å². The molecule has 7 heteroatoms. The van der Waals surface area contributed by atoms with Crippen LogP contribution < -0.4 is 9.47 Å². The summed E-state index contributed by atoms with van der Waals surface area (Å²) in [4.78, 5) is 13.1. The standard InChI is InChI=1S/C13H14ClN3O2S/c1-8(2)19-12-15-11(14)16-13(17-12)20-10-7-5-4-6-9(10)18-3/h4-8H,1-3H3. The van der Waals surface area contributed by atoms with Crippen molar-refractivity contribution in [1.29, 1.82) is 0 Å². The smallest absolute Gasteiger partial charge is 0.322 e. The number of benzene rings is 1. The van der Waals surface area contributed by atoms with Crippen LogP contribution in [-0.4, -0.2) is 28.2 Å². The molecule has 0 atom stereocenters. The molecule has 0 amide bonds. The molecule has 0 bridgehead atoms. The maximum absolute atomic E-state index is 5.89. The normalized spacial score (nSPS) is 10.7. The van der Waals surface area contributed by atoms with Crippen molar-refractivity contribution in [3.05, 3.63) is 29.5 Å². The molecule has 2 aromatic rings. The van der Waals surface area contributed by atoms with Crippen LogP contribution in [0.15, 0.2) is 34.3 Å². The number of rotatable bonds is 5. The van der Waals surface area contributed by atoms with E-state index in [0.717, 1.165) is 10.6 Å². The highest BCUT2D eigenvalue weighted by Gasteiger charge is 2.11. The van der Waals surface area contributed by atoms with Gasteiger partial charge in [-0.2, -0.15) is 15.0 Å². The van der Waals surface area contributed by atoms with E-state index in [1.165, 1.54) is 11.8 Å². The second kappa shape index (κ2) is 6.76. The topological polar surface area (TPSA) is 57.1 Å². The fourth-order valence-electron chi connectivity index (χ4n) is 1.43. The van der Waals surface area contributed by atoms with Crippen LogP contribution in [0.2, 0.25) is 5.28 Å². The van der Waals surface area contributed by atoms with E-state index in [-0.39, 0.29) is 17.4 Å². The molecule has 0 aliphatic carbocycles. The van der Waals surface area contributed by atoms with Gasteiger partial charge in [-0.05, 0) is 49.3 Å². The Balaban J connectivity index is 2.26. The molecule has 0 spiro atoms. The Hall–Kier alpha value is -1.53. The number of halogens is 1. The third-order valence-corrected chi connectivity index (χ3v) is 3.27. The Morgan fingerprint density at radius 3 is 2.60 bits per heavy atom. The first-order valence-corrected chi connectivity index (χ1v) is 7.17. The largest absolute Gasteiger partial charge is 0.496 e. The first kappa shape index (κ1) is 14.9. The lowest BCUT2D eigenvalue weighted by Gasteiger charge is -2.09. The molecule has 20 heavy (non-hydrogen) atoms. The summed E-state index contributed by atoms with van der Waals surface area (Å²) < 4.78 is 10.7. The molecule has 0 N–H and O–H groups in total. The van der Waals surface area contributed by atoms with Crippen LogP contribution in [0.5, 0.6) is 11.8 Å². The van der Waals surface area contributed by atoms with Crippen LogP contribution in [0.1, 0.15) is 13.8 Å². The van der Waals surface area contributed by atoms with Gasteiger partial charge >= 0.3 is 6.01 Å². The van der Waals surface area contributed by atoms with E-state index in [2.05, 4.69) is 15.0 Å². The highest BCUT2D eigenvalue weighted by molar-refractivity contribution is 7.99. The van der Waals surface area contributed by atoms with Gasteiger partial charge in [-0.1, -0.05) is 12.1 Å². The van der Waals surface area contributed by atoms with E-state index in [1.807, 2.05) is 38.1 Å². The van der Waals surface area contributed by atoms with E-state index in [9.17, 15) is 0 Å². The predicted octanol–water partition coefficient (Wildman–Crippen LogP) is 3.47. The Bertz CT molecular complexity index is 596. The molecule has 0 fully saturated rings. The van der Waals surface area contributed by atoms with Crippen LogP contribution in [-0.2, 0) is 0 Å². The second-order valence-corrected chi connectivity index (χ2v) is 5.44. The van der Waals surface area contributed by atoms with Gasteiger partial charge in [0, 0.05) is 0 Å². The zero-order chi connectivity index (χ0) is 14.5. The average Bonchev–Trinajstić information content (AvgIpc) is 2.37. The molecule has 0 radical (unpaired) electrons. The molecule has 0 saturated carbocycles. The van der Waals surface area contributed by atoms with Crippen molar-refractivity contribution in [2.24, 2.45) is 0 Å². The quantitative estimate of drug-likeness (QED) is 0.842. The Kier molecular flexibility index (Phi) is 5.03. The van der Waals surface area contributed by atoms with Gasteiger partial charge in [0.05, 0.1) is 18.1 Å². The molecule has 1 aromatic heterocycles. The van der Waals surface area contributed by atoms with Crippen LogP contribution >= 0.6 is 23.4 Å². The monoisotopic (exact) mass is 311 g/mol. The lowest BCUT2D eigenvalue weighted by atomic mass is 10.3. The van der Waals surface area contributed by atoms with E-state index in [0.29, 0.717) is 5.16 Å². The molecule has 0 saturated heterocycles. The lowest BCUT2D eigenvalue weighted by molar-refractivity contribution is 0.219. The van der Waals surface area contributed by atoms with Gasteiger partial charge in [0.1, 0.15) is 5.75 Å². The minimum absolute atomic E-state index is 0.0300. The minimum atomic E-state index is -0.0300. The molecule has 0 aliphatic heterocycles. The van der Waals surface area contributed by atoms with Crippen molar-refractivity contribution in [3.8, 4) is 11.8 Å². The fourth-order valence-corrected chi connectivity index (χ4v) is 2.48. The maximum atomic E-state index is 5.89. The van der Waals surface area contributed by atoms with Crippen molar-refractivity contribution in [2.45, 2.75) is 30.0 Å². The Morgan fingerprint density at radius 2 is 1.90 bits per heavy atom. The summed E-state index contributed by atoms with van der Waals surface area (Å²) in [6.45, 7) is 3.79. The van der Waals surface area contributed by atoms with Crippen molar-refractivity contribution in [1.82, 2.24) is 15.0 Å². The zero-order valence-electron chi connectivity index (χ0n) is 11.3. The van der Waals surface area contributed by atoms with Crippen molar-refractivity contribution >= 4 is 23.4 Å². The van der Waals surface area contributed by atoms with Crippen LogP contribution in [0.4, 0.5) is 0 Å². The summed E-state index contributed by atoms with van der Waals surface area (Å²) in [6.07, 6.45) is -0.0300. The van der Waals surface area contributed by atoms with E-state index >= 15 is 0 Å². The second-order valence-electron chi connectivity index (χ2n) is 4.09. The van der Waals surface area contributed by atoms with Gasteiger partial charge in [0.2, 0.25) is 5.28 Å². The zero-order valence-corrected chi connectivity index (χ0v) is 12.9. The van der Waals surface area contributed by atoms with Gasteiger partial charge in [0.25, 0.3) is 0 Å². The fraction of sp³-hybridized carbons (Fsp3) is 0.308. The highest BCUT2D eigenvalue weighted by Crippen LogP contribution is 2.33. The van der Waals surface area contributed by atoms with E-state index in [1.54, 1.807) is 7.11 Å². The molecule has 2 rings (SSSR count). The summed E-state index contributed by atoms with van der Waals surface area (Å²) in [5, 5.41) is 0.568. The van der Waals surface area contributed by atoms with Gasteiger partial charge in [-0.25, -0.2) is 0 Å². The maximum Gasteiger partial charge on any atom is 0.322 e. The van der Waals surface area contributed by atoms with Gasteiger partial charge in [-0.15, -0.1) is 0 Å². The summed E-state index contributed by atoms with van der Waals surface area (Å²) in [5.74, 6) is 0.750. The molecule has 5 nitrogen and oxygen atoms in total. The van der Waals surface area contributed by atoms with Gasteiger partial charge < -0.3 is 9.47 Å². The predicted molar refractivity (Wildman–Crippen MR) is 77.7 cm³/mol. The third-order valence-electron chi connectivity index (χ3n) is 2.18. The summed E-state index contributed by atoms with van der Waals surface area (Å²) in [6, 6.07) is 7.83. The van der Waals surface area contributed by atoms with Crippen molar-refractivity contribution in [3.63, 3.8) is 0 Å².